The van der Waals surface area contributed by atoms with Crippen LogP contribution >= 0.6 is 11.6 Å². The number of amidine groups is 1. The van der Waals surface area contributed by atoms with E-state index in [1.54, 1.807) is 12.1 Å². The molecule has 0 unspecified atom stereocenters. The number of halogens is 1. The van der Waals surface area contributed by atoms with Gasteiger partial charge >= 0.3 is 0 Å². The van der Waals surface area contributed by atoms with Crippen molar-refractivity contribution < 1.29 is 10.3 Å². The van der Waals surface area contributed by atoms with E-state index in [9.17, 15) is 0 Å². The second-order valence-electron chi connectivity index (χ2n) is 3.62. The first-order chi connectivity index (χ1) is 8.11. The Hall–Kier alpha value is -1.46. The number of rotatable bonds is 5. The molecule has 0 saturated carbocycles. The summed E-state index contributed by atoms with van der Waals surface area (Å²) in [7, 11) is 1.86. The predicted octanol–water partition coefficient (Wildman–Crippen LogP) is 1.25. The Labute approximate surface area is 105 Å². The van der Waals surface area contributed by atoms with Gasteiger partial charge in [0.1, 0.15) is 0 Å². The predicted molar refractivity (Wildman–Crippen MR) is 68.9 cm³/mol. The molecule has 17 heavy (non-hydrogen) atoms. The fraction of sp³-hybridized carbons (Fsp3) is 0.364. The number of nitrogens with two attached hydrogens (primary N) is 1. The van der Waals surface area contributed by atoms with Gasteiger partial charge in [0, 0.05) is 25.9 Å². The zero-order valence-electron chi connectivity index (χ0n) is 9.60. The normalized spacial score (nSPS) is 11.6. The van der Waals surface area contributed by atoms with Crippen LogP contribution in [0.1, 0.15) is 12.0 Å². The van der Waals surface area contributed by atoms with Crippen molar-refractivity contribution in [2.45, 2.75) is 6.42 Å². The van der Waals surface area contributed by atoms with Gasteiger partial charge in [0.15, 0.2) is 5.84 Å². The Morgan fingerprint density at radius 2 is 2.24 bits per heavy atom. The maximum Gasteiger partial charge on any atom is 0.173 e. The SMILES string of the molecule is CN(CCCO)c1cccc(Cl)c1/C(N)=N/O. The van der Waals surface area contributed by atoms with E-state index < -0.39 is 0 Å². The summed E-state index contributed by atoms with van der Waals surface area (Å²) in [5.41, 5.74) is 6.86. The van der Waals surface area contributed by atoms with Gasteiger partial charge in [-0.05, 0) is 18.6 Å². The van der Waals surface area contributed by atoms with Gasteiger partial charge in [0.2, 0.25) is 0 Å². The fourth-order valence-electron chi connectivity index (χ4n) is 1.56. The summed E-state index contributed by atoms with van der Waals surface area (Å²) in [6.45, 7) is 0.770. The molecule has 0 aliphatic rings. The van der Waals surface area contributed by atoms with Gasteiger partial charge in [-0.25, -0.2) is 0 Å². The van der Waals surface area contributed by atoms with Crippen LogP contribution in [0.3, 0.4) is 0 Å². The van der Waals surface area contributed by atoms with Gasteiger partial charge in [-0.3, -0.25) is 0 Å². The van der Waals surface area contributed by atoms with Crippen molar-refractivity contribution in [1.29, 1.82) is 0 Å². The standard InChI is InChI=1S/C11H16ClN3O2/c1-15(6-3-7-16)9-5-2-4-8(12)10(9)11(13)14-17/h2,4-5,16-17H,3,6-7H2,1H3,(H2,13,14). The first kappa shape index (κ1) is 13.6. The molecule has 5 nitrogen and oxygen atoms in total. The summed E-state index contributed by atoms with van der Waals surface area (Å²) >= 11 is 6.03. The lowest BCUT2D eigenvalue weighted by atomic mass is 10.1. The fourth-order valence-corrected chi connectivity index (χ4v) is 1.83. The van der Waals surface area contributed by atoms with Crippen LogP contribution in [0.5, 0.6) is 0 Å². The lowest BCUT2D eigenvalue weighted by molar-refractivity contribution is 0.290. The first-order valence-corrected chi connectivity index (χ1v) is 5.58. The molecule has 0 heterocycles. The lowest BCUT2D eigenvalue weighted by Crippen LogP contribution is -2.24. The Balaban J connectivity index is 3.10. The van der Waals surface area contributed by atoms with Gasteiger partial charge in [0.05, 0.1) is 10.6 Å². The minimum Gasteiger partial charge on any atom is -0.409 e. The van der Waals surface area contributed by atoms with Crippen LogP contribution in [0.25, 0.3) is 0 Å². The van der Waals surface area contributed by atoms with Crippen LogP contribution in [0, 0.1) is 0 Å². The molecule has 0 spiro atoms. The lowest BCUT2D eigenvalue weighted by Gasteiger charge is -2.22. The van der Waals surface area contributed by atoms with E-state index >= 15 is 0 Å². The monoisotopic (exact) mass is 257 g/mol. The second-order valence-corrected chi connectivity index (χ2v) is 4.03. The van der Waals surface area contributed by atoms with Crippen LogP contribution in [-0.4, -0.2) is 36.3 Å². The molecule has 0 aliphatic heterocycles. The van der Waals surface area contributed by atoms with Crippen LogP contribution in [0.15, 0.2) is 23.4 Å². The zero-order chi connectivity index (χ0) is 12.8. The van der Waals surface area contributed by atoms with Crippen LogP contribution < -0.4 is 10.6 Å². The van der Waals surface area contributed by atoms with E-state index in [4.69, 9.17) is 27.6 Å². The summed E-state index contributed by atoms with van der Waals surface area (Å²) in [6.07, 6.45) is 0.638. The van der Waals surface area contributed by atoms with Crippen molar-refractivity contribution in [3.8, 4) is 0 Å². The average molecular weight is 258 g/mol. The van der Waals surface area contributed by atoms with Gasteiger partial charge in [-0.15, -0.1) is 0 Å². The number of hydrogen-bond donors (Lipinski definition) is 3. The third-order valence-electron chi connectivity index (χ3n) is 2.42. The van der Waals surface area contributed by atoms with E-state index in [2.05, 4.69) is 5.16 Å². The first-order valence-electron chi connectivity index (χ1n) is 5.20. The highest BCUT2D eigenvalue weighted by Crippen LogP contribution is 2.26. The Morgan fingerprint density at radius 3 is 2.82 bits per heavy atom. The largest absolute Gasteiger partial charge is 0.409 e. The summed E-state index contributed by atoms with van der Waals surface area (Å²) in [6, 6.07) is 5.30. The molecule has 4 N–H and O–H groups in total. The van der Waals surface area contributed by atoms with Crippen LogP contribution in [-0.2, 0) is 0 Å². The average Bonchev–Trinajstić information content (AvgIpc) is 2.34. The molecule has 0 aromatic heterocycles. The highest BCUT2D eigenvalue weighted by Gasteiger charge is 2.14. The van der Waals surface area contributed by atoms with E-state index in [0.29, 0.717) is 23.6 Å². The van der Waals surface area contributed by atoms with Gasteiger partial charge in [-0.1, -0.05) is 22.8 Å². The molecule has 94 valence electrons. The number of hydrogen-bond acceptors (Lipinski definition) is 4. The van der Waals surface area contributed by atoms with Crippen molar-refractivity contribution >= 4 is 23.1 Å². The van der Waals surface area contributed by atoms with Crippen molar-refractivity contribution in [3.63, 3.8) is 0 Å². The Bertz CT molecular complexity index is 410. The number of anilines is 1. The summed E-state index contributed by atoms with van der Waals surface area (Å²) < 4.78 is 0. The van der Waals surface area contributed by atoms with E-state index in [-0.39, 0.29) is 12.4 Å². The highest BCUT2D eigenvalue weighted by molar-refractivity contribution is 6.34. The smallest absolute Gasteiger partial charge is 0.173 e. The van der Waals surface area contributed by atoms with Crippen molar-refractivity contribution in [2.24, 2.45) is 10.9 Å². The molecule has 0 radical (unpaired) electrons. The van der Waals surface area contributed by atoms with Gasteiger partial charge < -0.3 is 20.9 Å². The molecule has 0 fully saturated rings. The maximum absolute atomic E-state index is 8.80. The molecular weight excluding hydrogens is 242 g/mol. The molecule has 0 aliphatic carbocycles. The Kier molecular flexibility index (Phi) is 5.06. The van der Waals surface area contributed by atoms with E-state index in [0.717, 1.165) is 5.69 Å². The molecule has 0 amide bonds. The van der Waals surface area contributed by atoms with Crippen LogP contribution in [0.4, 0.5) is 5.69 Å². The number of oxime groups is 1. The minimum absolute atomic E-state index is 0.0264. The zero-order valence-corrected chi connectivity index (χ0v) is 10.4. The minimum atomic E-state index is -0.0264. The molecule has 6 heteroatoms. The third kappa shape index (κ3) is 3.25. The summed E-state index contributed by atoms with van der Waals surface area (Å²) in [5, 5.41) is 20.9. The Morgan fingerprint density at radius 1 is 1.53 bits per heavy atom. The molecule has 1 aromatic carbocycles. The molecule has 1 rings (SSSR count). The van der Waals surface area contributed by atoms with Gasteiger partial charge in [0.25, 0.3) is 0 Å². The number of aliphatic hydroxyl groups excluding tert-OH is 1. The number of benzene rings is 1. The van der Waals surface area contributed by atoms with Crippen molar-refractivity contribution in [1.82, 2.24) is 0 Å². The maximum atomic E-state index is 8.80. The molecule has 0 saturated heterocycles. The van der Waals surface area contributed by atoms with Crippen molar-refractivity contribution in [3.05, 3.63) is 28.8 Å². The molecule has 0 bridgehead atoms. The van der Waals surface area contributed by atoms with E-state index in [1.807, 2.05) is 18.0 Å². The quantitative estimate of drug-likeness (QED) is 0.321. The third-order valence-corrected chi connectivity index (χ3v) is 2.73. The number of aliphatic hydroxyl groups is 1. The topological polar surface area (TPSA) is 82.1 Å². The van der Waals surface area contributed by atoms with Crippen molar-refractivity contribution in [2.75, 3.05) is 25.1 Å². The van der Waals surface area contributed by atoms with E-state index in [1.165, 1.54) is 0 Å². The summed E-state index contributed by atoms with van der Waals surface area (Å²) in [4.78, 5) is 1.90. The number of nitrogens with zero attached hydrogens (tertiary/aromatic N) is 2. The molecule has 0 atom stereocenters. The highest BCUT2D eigenvalue weighted by atomic mass is 35.5. The second kappa shape index (κ2) is 6.32. The molecule has 1 aromatic rings. The van der Waals surface area contributed by atoms with Crippen LogP contribution in [0.2, 0.25) is 5.02 Å². The molecular formula is C11H16ClN3O2. The summed E-state index contributed by atoms with van der Waals surface area (Å²) in [5.74, 6) is -0.0264. The van der Waals surface area contributed by atoms with Gasteiger partial charge in [-0.2, -0.15) is 0 Å².